The minimum atomic E-state index is -3.87. The van der Waals surface area contributed by atoms with Crippen molar-refractivity contribution in [3.63, 3.8) is 0 Å². The Labute approximate surface area is 143 Å². The molecule has 0 aromatic heterocycles. The van der Waals surface area contributed by atoms with Gasteiger partial charge in [0, 0.05) is 25.6 Å². The molecule has 8 nitrogen and oxygen atoms in total. The van der Waals surface area contributed by atoms with Crippen molar-refractivity contribution in [2.75, 3.05) is 34.8 Å². The van der Waals surface area contributed by atoms with E-state index >= 15 is 0 Å². The van der Waals surface area contributed by atoms with E-state index in [-0.39, 0.29) is 22.9 Å². The highest BCUT2D eigenvalue weighted by Crippen LogP contribution is 2.23. The van der Waals surface area contributed by atoms with Crippen LogP contribution in [0.25, 0.3) is 0 Å². The molecule has 10 heteroatoms. The Hall–Kier alpha value is -1.49. The average molecular weight is 408 g/mol. The van der Waals surface area contributed by atoms with Crippen LogP contribution >= 0.6 is 15.9 Å². The molecule has 2 amide bonds. The minimum Gasteiger partial charge on any atom is -0.347 e. The molecule has 0 heterocycles. The number of benzene rings is 1. The molecule has 0 saturated heterocycles. The topological polar surface area (TPSA) is 96.0 Å². The zero-order valence-electron chi connectivity index (χ0n) is 13.2. The Kier molecular flexibility index (Phi) is 6.69. The summed E-state index contributed by atoms with van der Waals surface area (Å²) in [5, 5.41) is 2.44. The number of hydrogen-bond acceptors (Lipinski definition) is 5. The third kappa shape index (κ3) is 4.74. The number of carbonyl (C=O) groups is 2. The molecule has 0 radical (unpaired) electrons. The van der Waals surface area contributed by atoms with Gasteiger partial charge < -0.3 is 10.2 Å². The van der Waals surface area contributed by atoms with E-state index in [9.17, 15) is 18.0 Å². The smallest absolute Gasteiger partial charge is 0.264 e. The van der Waals surface area contributed by atoms with Crippen molar-refractivity contribution in [1.29, 1.82) is 0 Å². The van der Waals surface area contributed by atoms with Crippen molar-refractivity contribution < 1.29 is 22.8 Å². The zero-order chi connectivity index (χ0) is 17.8. The summed E-state index contributed by atoms with van der Waals surface area (Å²) in [6, 6.07) is 4.00. The van der Waals surface area contributed by atoms with E-state index in [4.69, 9.17) is 0 Å². The molecule has 1 N–H and O–H groups in total. The van der Waals surface area contributed by atoms with Gasteiger partial charge in [0.1, 0.15) is 0 Å². The van der Waals surface area contributed by atoms with Gasteiger partial charge in [-0.1, -0.05) is 4.47 Å². The monoisotopic (exact) mass is 407 g/mol. The first-order valence-corrected chi connectivity index (χ1v) is 8.65. The van der Waals surface area contributed by atoms with Gasteiger partial charge in [0.25, 0.3) is 15.9 Å². The lowest BCUT2D eigenvalue weighted by Gasteiger charge is -2.15. The number of amides is 2. The van der Waals surface area contributed by atoms with Gasteiger partial charge in [-0.15, -0.1) is 0 Å². The summed E-state index contributed by atoms with van der Waals surface area (Å²) in [6.07, 6.45) is 0. The molecule has 23 heavy (non-hydrogen) atoms. The number of hydrogen-bond donors (Lipinski definition) is 1. The maximum Gasteiger partial charge on any atom is 0.264 e. The number of nitrogens with one attached hydrogen (secondary N) is 1. The number of carbonyl (C=O) groups excluding carboxylic acids is 2. The molecule has 0 saturated carbocycles. The van der Waals surface area contributed by atoms with E-state index in [0.29, 0.717) is 8.94 Å². The third-order valence-corrected chi connectivity index (χ3v) is 5.34. The molecule has 0 aliphatic carbocycles. The summed E-state index contributed by atoms with van der Waals surface area (Å²) in [5.74, 6) is -0.846. The van der Waals surface area contributed by atoms with Crippen LogP contribution in [0, 0.1) is 0 Å². The maximum absolute atomic E-state index is 12.2. The second kappa shape index (κ2) is 7.86. The van der Waals surface area contributed by atoms with Crippen LogP contribution in [0.15, 0.2) is 27.6 Å². The van der Waals surface area contributed by atoms with Gasteiger partial charge in [-0.05, 0) is 34.1 Å². The Morgan fingerprint density at radius 1 is 1.26 bits per heavy atom. The Bertz CT molecular complexity index is 706. The second-order valence-corrected chi connectivity index (χ2v) is 7.50. The van der Waals surface area contributed by atoms with E-state index in [1.165, 1.54) is 37.3 Å². The van der Waals surface area contributed by atoms with Crippen LogP contribution in [0.5, 0.6) is 0 Å². The van der Waals surface area contributed by atoms with Crippen molar-refractivity contribution in [2.45, 2.75) is 4.90 Å². The van der Waals surface area contributed by atoms with E-state index in [2.05, 4.69) is 26.1 Å². The highest BCUT2D eigenvalue weighted by Gasteiger charge is 2.23. The Balaban J connectivity index is 3.07. The summed E-state index contributed by atoms with van der Waals surface area (Å²) in [7, 11) is 1.73. The standard InChI is InChI=1S/C13H18BrN3O5S/c1-16(2)12(18)8-15-13(19)10-7-9(5-6-11(10)14)23(20,21)17(3)22-4/h5-7H,8H2,1-4H3,(H,15,19). The fourth-order valence-corrected chi connectivity index (χ4v) is 2.92. The summed E-state index contributed by atoms with van der Waals surface area (Å²) in [6.45, 7) is -0.187. The molecule has 0 unspecified atom stereocenters. The zero-order valence-corrected chi connectivity index (χ0v) is 15.6. The van der Waals surface area contributed by atoms with Crippen LogP contribution in [0.2, 0.25) is 0 Å². The summed E-state index contributed by atoms with van der Waals surface area (Å²) >= 11 is 3.19. The molecule has 0 bridgehead atoms. The SMILES string of the molecule is CON(C)S(=O)(=O)c1ccc(Br)c(C(=O)NCC(=O)N(C)C)c1. The van der Waals surface area contributed by atoms with Crippen molar-refractivity contribution >= 4 is 37.8 Å². The third-order valence-electron chi connectivity index (χ3n) is 2.97. The first-order chi connectivity index (χ1) is 10.6. The number of sulfonamides is 1. The first kappa shape index (κ1) is 19.6. The molecular formula is C13H18BrN3O5S. The van der Waals surface area contributed by atoms with Gasteiger partial charge in [0.05, 0.1) is 24.1 Å². The van der Waals surface area contributed by atoms with E-state index in [1.807, 2.05) is 0 Å². The van der Waals surface area contributed by atoms with E-state index in [1.54, 1.807) is 14.1 Å². The predicted octanol–water partition coefficient (Wildman–Crippen LogP) is 0.449. The number of halogens is 1. The molecule has 1 aromatic rings. The Morgan fingerprint density at radius 2 is 1.87 bits per heavy atom. The van der Waals surface area contributed by atoms with Gasteiger partial charge in [-0.2, -0.15) is 0 Å². The summed E-state index contributed by atoms with van der Waals surface area (Å²) in [5.41, 5.74) is 0.0992. The fraction of sp³-hybridized carbons (Fsp3) is 0.385. The molecular weight excluding hydrogens is 390 g/mol. The maximum atomic E-state index is 12.2. The molecule has 1 rings (SSSR count). The van der Waals surface area contributed by atoms with Crippen LogP contribution in [-0.4, -0.2) is 64.4 Å². The summed E-state index contributed by atoms with van der Waals surface area (Å²) < 4.78 is 25.5. The highest BCUT2D eigenvalue weighted by molar-refractivity contribution is 9.10. The average Bonchev–Trinajstić information content (AvgIpc) is 2.51. The van der Waals surface area contributed by atoms with Crippen molar-refractivity contribution in [2.24, 2.45) is 0 Å². The summed E-state index contributed by atoms with van der Waals surface area (Å²) in [4.78, 5) is 29.6. The van der Waals surface area contributed by atoms with Gasteiger partial charge in [-0.25, -0.2) is 8.42 Å². The quantitative estimate of drug-likeness (QED) is 0.690. The molecule has 0 spiro atoms. The van der Waals surface area contributed by atoms with Crippen LogP contribution in [0.3, 0.4) is 0 Å². The lowest BCUT2D eigenvalue weighted by Crippen LogP contribution is -2.36. The fourth-order valence-electron chi connectivity index (χ4n) is 1.49. The minimum absolute atomic E-state index is 0.0992. The number of likely N-dealkylation sites (N-methyl/N-ethyl adjacent to an activating group) is 1. The lowest BCUT2D eigenvalue weighted by molar-refractivity contribution is -0.127. The van der Waals surface area contributed by atoms with Crippen molar-refractivity contribution in [1.82, 2.24) is 14.7 Å². The number of hydroxylamine groups is 1. The van der Waals surface area contributed by atoms with E-state index < -0.39 is 15.9 Å². The highest BCUT2D eigenvalue weighted by atomic mass is 79.9. The van der Waals surface area contributed by atoms with Gasteiger partial charge in [-0.3, -0.25) is 14.4 Å². The molecule has 0 fully saturated rings. The van der Waals surface area contributed by atoms with Crippen LogP contribution in [0.1, 0.15) is 10.4 Å². The largest absolute Gasteiger partial charge is 0.347 e. The first-order valence-electron chi connectivity index (χ1n) is 6.42. The van der Waals surface area contributed by atoms with Crippen LogP contribution in [0.4, 0.5) is 0 Å². The number of nitrogens with zero attached hydrogens (tertiary/aromatic N) is 2. The second-order valence-electron chi connectivity index (χ2n) is 4.71. The Morgan fingerprint density at radius 3 is 2.39 bits per heavy atom. The van der Waals surface area contributed by atoms with E-state index in [0.717, 1.165) is 0 Å². The van der Waals surface area contributed by atoms with Crippen LogP contribution < -0.4 is 5.32 Å². The van der Waals surface area contributed by atoms with Gasteiger partial charge >= 0.3 is 0 Å². The van der Waals surface area contributed by atoms with Gasteiger partial charge in [0.15, 0.2) is 0 Å². The van der Waals surface area contributed by atoms with Crippen molar-refractivity contribution in [3.05, 3.63) is 28.2 Å². The molecule has 0 atom stereocenters. The molecule has 1 aromatic carbocycles. The molecule has 0 aliphatic rings. The molecule has 0 aliphatic heterocycles. The van der Waals surface area contributed by atoms with Gasteiger partial charge in [0.2, 0.25) is 5.91 Å². The van der Waals surface area contributed by atoms with Crippen molar-refractivity contribution in [3.8, 4) is 0 Å². The molecule has 128 valence electrons. The predicted molar refractivity (Wildman–Crippen MR) is 87.1 cm³/mol. The number of rotatable bonds is 6. The lowest BCUT2D eigenvalue weighted by atomic mass is 10.2. The normalized spacial score (nSPS) is 11.4. The van der Waals surface area contributed by atoms with Crippen LogP contribution in [-0.2, 0) is 19.7 Å².